The van der Waals surface area contributed by atoms with E-state index in [0.717, 1.165) is 5.56 Å². The number of primary sulfonamides is 1. The zero-order chi connectivity index (χ0) is 18.6. The molecule has 0 aliphatic carbocycles. The number of sulfonamides is 1. The first-order valence-corrected chi connectivity index (χ1v) is 9.11. The van der Waals surface area contributed by atoms with Crippen LogP contribution in [0.4, 0.5) is 0 Å². The van der Waals surface area contributed by atoms with Crippen LogP contribution in [-0.4, -0.2) is 25.4 Å². The fourth-order valence-corrected chi connectivity index (χ4v) is 2.96. The van der Waals surface area contributed by atoms with E-state index in [1.54, 1.807) is 37.3 Å². The molecule has 0 radical (unpaired) electrons. The summed E-state index contributed by atoms with van der Waals surface area (Å²) in [6, 6.07) is 12.0. The molecule has 8 heteroatoms. The van der Waals surface area contributed by atoms with Crippen molar-refractivity contribution in [2.75, 3.05) is 0 Å². The van der Waals surface area contributed by atoms with E-state index in [1.807, 2.05) is 0 Å². The van der Waals surface area contributed by atoms with Crippen LogP contribution in [0.15, 0.2) is 48.5 Å². The van der Waals surface area contributed by atoms with Crippen LogP contribution >= 0.6 is 0 Å². The lowest BCUT2D eigenvalue weighted by atomic mass is 10.1. The van der Waals surface area contributed by atoms with Crippen molar-refractivity contribution in [1.82, 2.24) is 5.32 Å². The Kier molecular flexibility index (Phi) is 5.55. The number of benzene rings is 2. The molecule has 0 bridgehead atoms. The number of aromatic carboxylic acids is 1. The van der Waals surface area contributed by atoms with E-state index in [0.29, 0.717) is 11.1 Å². The normalized spacial score (nSPS) is 12.4. The van der Waals surface area contributed by atoms with Crippen molar-refractivity contribution >= 4 is 21.9 Å². The first-order valence-electron chi connectivity index (χ1n) is 7.39. The maximum absolute atomic E-state index is 12.3. The molecule has 0 aliphatic heterocycles. The minimum Gasteiger partial charge on any atom is -0.478 e. The molecule has 4 N–H and O–H groups in total. The van der Waals surface area contributed by atoms with Gasteiger partial charge in [0.25, 0.3) is 5.91 Å². The number of carboxylic acids is 1. The molecule has 0 heterocycles. The summed E-state index contributed by atoms with van der Waals surface area (Å²) in [5.41, 5.74) is 1.65. The third-order valence-corrected chi connectivity index (χ3v) is 4.30. The highest BCUT2D eigenvalue weighted by Gasteiger charge is 2.14. The lowest BCUT2D eigenvalue weighted by molar-refractivity contribution is 0.0696. The van der Waals surface area contributed by atoms with Gasteiger partial charge < -0.3 is 10.4 Å². The van der Waals surface area contributed by atoms with Gasteiger partial charge in [-0.2, -0.15) is 0 Å². The van der Waals surface area contributed by atoms with E-state index in [2.05, 4.69) is 5.32 Å². The number of nitrogens with one attached hydrogen (secondary N) is 1. The van der Waals surface area contributed by atoms with Crippen molar-refractivity contribution in [3.63, 3.8) is 0 Å². The van der Waals surface area contributed by atoms with Gasteiger partial charge in [0.2, 0.25) is 10.0 Å². The Labute approximate surface area is 145 Å². The lowest BCUT2D eigenvalue weighted by Gasteiger charge is -2.15. The van der Waals surface area contributed by atoms with E-state index < -0.39 is 16.0 Å². The zero-order valence-corrected chi connectivity index (χ0v) is 14.3. The maximum atomic E-state index is 12.3. The fraction of sp³-hybridized carbons (Fsp3) is 0.176. The first-order chi connectivity index (χ1) is 11.7. The number of amides is 1. The number of nitrogens with two attached hydrogens (primary N) is 1. The van der Waals surface area contributed by atoms with E-state index in [9.17, 15) is 18.0 Å². The fourth-order valence-electron chi connectivity index (χ4n) is 2.31. The van der Waals surface area contributed by atoms with Gasteiger partial charge in [0.05, 0.1) is 17.4 Å². The highest BCUT2D eigenvalue weighted by molar-refractivity contribution is 7.88. The Balaban J connectivity index is 2.10. The molecule has 25 heavy (non-hydrogen) atoms. The molecule has 7 nitrogen and oxygen atoms in total. The number of rotatable bonds is 6. The van der Waals surface area contributed by atoms with Gasteiger partial charge in [0, 0.05) is 5.56 Å². The minimum atomic E-state index is -3.68. The van der Waals surface area contributed by atoms with Gasteiger partial charge in [-0.25, -0.2) is 18.4 Å². The second-order valence-electron chi connectivity index (χ2n) is 5.63. The van der Waals surface area contributed by atoms with Gasteiger partial charge in [-0.05, 0) is 42.3 Å². The van der Waals surface area contributed by atoms with Gasteiger partial charge in [-0.1, -0.05) is 24.3 Å². The Morgan fingerprint density at radius 3 is 2.32 bits per heavy atom. The summed E-state index contributed by atoms with van der Waals surface area (Å²) in [7, 11) is -3.68. The van der Waals surface area contributed by atoms with Gasteiger partial charge in [-0.15, -0.1) is 0 Å². The maximum Gasteiger partial charge on any atom is 0.335 e. The van der Waals surface area contributed by atoms with Gasteiger partial charge in [-0.3, -0.25) is 4.79 Å². The molecule has 1 amide bonds. The number of hydrogen-bond donors (Lipinski definition) is 3. The summed E-state index contributed by atoms with van der Waals surface area (Å²) in [6.45, 7) is 1.77. The van der Waals surface area contributed by atoms with Crippen LogP contribution in [0.3, 0.4) is 0 Å². The third-order valence-electron chi connectivity index (χ3n) is 3.56. The molecule has 2 aromatic carbocycles. The van der Waals surface area contributed by atoms with E-state index in [1.165, 1.54) is 18.2 Å². The van der Waals surface area contributed by atoms with Crippen LogP contribution < -0.4 is 10.5 Å². The third kappa shape index (κ3) is 5.40. The minimum absolute atomic E-state index is 0.165. The molecule has 2 aromatic rings. The molecule has 0 aromatic heterocycles. The van der Waals surface area contributed by atoms with E-state index in [4.69, 9.17) is 10.2 Å². The number of hydrogen-bond acceptors (Lipinski definition) is 4. The van der Waals surface area contributed by atoms with E-state index >= 15 is 0 Å². The van der Waals surface area contributed by atoms with Gasteiger partial charge in [0.15, 0.2) is 0 Å². The quantitative estimate of drug-likeness (QED) is 0.720. The monoisotopic (exact) mass is 362 g/mol. The van der Waals surface area contributed by atoms with Gasteiger partial charge >= 0.3 is 5.97 Å². The Hall–Kier alpha value is -2.71. The molecule has 2 rings (SSSR count). The molecule has 0 aliphatic rings. The summed E-state index contributed by atoms with van der Waals surface area (Å²) in [4.78, 5) is 23.2. The van der Waals surface area contributed by atoms with Crippen LogP contribution in [-0.2, 0) is 15.8 Å². The second-order valence-corrected chi connectivity index (χ2v) is 7.24. The second kappa shape index (κ2) is 7.45. The molecule has 0 fully saturated rings. The van der Waals surface area contributed by atoms with Crippen LogP contribution in [0.1, 0.15) is 44.8 Å². The number of carboxylic acid groups (broad SMARTS) is 1. The van der Waals surface area contributed by atoms with Crippen LogP contribution in [0.5, 0.6) is 0 Å². The van der Waals surface area contributed by atoms with Crippen molar-refractivity contribution < 1.29 is 23.1 Å². The van der Waals surface area contributed by atoms with Crippen molar-refractivity contribution in [2.45, 2.75) is 18.7 Å². The molecule has 132 valence electrons. The van der Waals surface area contributed by atoms with Crippen LogP contribution in [0.2, 0.25) is 0 Å². The molecular weight excluding hydrogens is 344 g/mol. The summed E-state index contributed by atoms with van der Waals surface area (Å²) in [5, 5.41) is 16.7. The molecule has 0 saturated heterocycles. The highest BCUT2D eigenvalue weighted by Crippen LogP contribution is 2.15. The first kappa shape index (κ1) is 18.6. The molecular formula is C17H18N2O5S. The number of carbonyl (C=O) groups is 2. The van der Waals surface area contributed by atoms with E-state index in [-0.39, 0.29) is 23.3 Å². The van der Waals surface area contributed by atoms with Crippen LogP contribution in [0, 0.1) is 0 Å². The predicted octanol–water partition coefficient (Wildman–Crippen LogP) is 1.66. The Bertz CT molecular complexity index is 892. The summed E-state index contributed by atoms with van der Waals surface area (Å²) < 4.78 is 22.3. The predicted molar refractivity (Wildman–Crippen MR) is 92.5 cm³/mol. The number of carbonyl (C=O) groups excluding carboxylic acids is 1. The molecule has 0 saturated carbocycles. The van der Waals surface area contributed by atoms with Crippen LogP contribution in [0.25, 0.3) is 0 Å². The highest BCUT2D eigenvalue weighted by atomic mass is 32.2. The molecule has 1 atom stereocenters. The average Bonchev–Trinajstić information content (AvgIpc) is 2.53. The van der Waals surface area contributed by atoms with Crippen molar-refractivity contribution in [3.05, 3.63) is 70.8 Å². The Morgan fingerprint density at radius 1 is 1.12 bits per heavy atom. The largest absolute Gasteiger partial charge is 0.478 e. The summed E-state index contributed by atoms with van der Waals surface area (Å²) in [6.07, 6.45) is 0. The smallest absolute Gasteiger partial charge is 0.335 e. The lowest BCUT2D eigenvalue weighted by Crippen LogP contribution is -2.26. The zero-order valence-electron chi connectivity index (χ0n) is 13.5. The van der Waals surface area contributed by atoms with Crippen molar-refractivity contribution in [3.8, 4) is 0 Å². The Morgan fingerprint density at radius 2 is 1.76 bits per heavy atom. The topological polar surface area (TPSA) is 127 Å². The summed E-state index contributed by atoms with van der Waals surface area (Å²) in [5.74, 6) is -1.73. The molecule has 0 spiro atoms. The van der Waals surface area contributed by atoms with Gasteiger partial charge in [0.1, 0.15) is 0 Å². The SMILES string of the molecule is C[C@@H](NC(=O)c1cccc(CS(N)(=O)=O)c1)c1ccc(C(=O)O)cc1. The standard InChI is InChI=1S/C17H18N2O5S/c1-11(13-5-7-14(8-6-13)17(21)22)19-16(20)15-4-2-3-12(9-15)10-25(18,23)24/h2-9,11H,10H2,1H3,(H,19,20)(H,21,22)(H2,18,23,24)/t11-/m1/s1. The molecule has 0 unspecified atom stereocenters. The average molecular weight is 362 g/mol. The van der Waals surface area contributed by atoms with Crippen molar-refractivity contribution in [2.24, 2.45) is 5.14 Å². The summed E-state index contributed by atoms with van der Waals surface area (Å²) >= 11 is 0. The van der Waals surface area contributed by atoms with Crippen molar-refractivity contribution in [1.29, 1.82) is 0 Å².